The Morgan fingerprint density at radius 2 is 1.50 bits per heavy atom. The van der Waals surface area contributed by atoms with Gasteiger partial charge in [0.15, 0.2) is 0 Å². The number of pyridine rings is 1. The summed E-state index contributed by atoms with van der Waals surface area (Å²) in [6.07, 6.45) is 14.5. The zero-order valence-electron chi connectivity index (χ0n) is 15.0. The minimum absolute atomic E-state index is 0.638. The molecule has 0 saturated heterocycles. The molecule has 3 heteroatoms. The Balaban J connectivity index is 2.87. The summed E-state index contributed by atoms with van der Waals surface area (Å²) >= 11 is -0.638. The monoisotopic (exact) mass is 411 g/mol. The molecule has 1 heterocycles. The van der Waals surface area contributed by atoms with Crippen LogP contribution in [0.1, 0.15) is 78.6 Å². The van der Waals surface area contributed by atoms with E-state index in [0.717, 1.165) is 5.88 Å². The van der Waals surface area contributed by atoms with Gasteiger partial charge in [-0.15, -0.1) is 0 Å². The molecule has 0 N–H and O–H groups in total. The first kappa shape index (κ1) is 19.8. The van der Waals surface area contributed by atoms with Gasteiger partial charge in [-0.3, -0.25) is 0 Å². The van der Waals surface area contributed by atoms with Crippen molar-refractivity contribution in [2.24, 2.45) is 0 Å². The summed E-state index contributed by atoms with van der Waals surface area (Å²) in [4.78, 5) is 4.44. The first-order valence-corrected chi connectivity index (χ1v) is 11.8. The zero-order valence-corrected chi connectivity index (χ0v) is 17.8. The molecule has 0 saturated carbocycles. The molecular weight excluding hydrogens is 377 g/mol. The Hall–Kier alpha value is -0.251. The fourth-order valence-corrected chi connectivity index (χ4v) is 8.16. The summed E-state index contributed by atoms with van der Waals surface area (Å²) < 4.78 is 7.38. The van der Waals surface area contributed by atoms with E-state index in [1.165, 1.54) is 61.4 Å². The molecule has 0 aliphatic rings. The van der Waals surface area contributed by atoms with E-state index in [1.54, 1.807) is 7.11 Å². The number of nitrogens with zero attached hydrogens (tertiary/aromatic N) is 1. The van der Waals surface area contributed by atoms with Gasteiger partial charge in [-0.1, -0.05) is 0 Å². The van der Waals surface area contributed by atoms with E-state index in [-0.39, 0.29) is 0 Å². The molecule has 1 aromatic heterocycles. The second-order valence-corrected chi connectivity index (χ2v) is 11.7. The van der Waals surface area contributed by atoms with Gasteiger partial charge in [-0.25, -0.2) is 0 Å². The Morgan fingerprint density at radius 3 is 1.86 bits per heavy atom. The van der Waals surface area contributed by atoms with Crippen molar-refractivity contribution in [2.75, 3.05) is 7.11 Å². The average molecular weight is 410 g/mol. The first-order chi connectivity index (χ1) is 10.7. The van der Waals surface area contributed by atoms with E-state index in [0.29, 0.717) is 3.43 Å². The van der Waals surface area contributed by atoms with Crippen LogP contribution in [0.2, 0.25) is 3.43 Å². The molecule has 2 nitrogen and oxygen atoms in total. The number of aromatic nitrogens is 1. The van der Waals surface area contributed by atoms with Gasteiger partial charge < -0.3 is 0 Å². The Bertz CT molecular complexity index is 369. The fourth-order valence-electron chi connectivity index (χ4n) is 2.99. The molecule has 0 bridgehead atoms. The van der Waals surface area contributed by atoms with Crippen LogP contribution in [0.15, 0.2) is 18.3 Å². The van der Waals surface area contributed by atoms with Crippen LogP contribution in [0.4, 0.5) is 0 Å². The predicted octanol–water partition coefficient (Wildman–Crippen LogP) is 5.15. The van der Waals surface area contributed by atoms with E-state index >= 15 is 0 Å². The molecule has 2 radical (unpaired) electrons. The van der Waals surface area contributed by atoms with Crippen molar-refractivity contribution < 1.29 is 4.74 Å². The molecule has 0 aromatic carbocycles. The average Bonchev–Trinajstić information content (AvgIpc) is 2.56. The number of unbranched alkanes of at least 4 members (excludes halogenated alkanes) is 3. The molecular formula is C19H33NOSn. The van der Waals surface area contributed by atoms with Crippen molar-refractivity contribution in [1.29, 1.82) is 0 Å². The zero-order chi connectivity index (χ0) is 16.3. The van der Waals surface area contributed by atoms with Gasteiger partial charge in [0.25, 0.3) is 0 Å². The van der Waals surface area contributed by atoms with Crippen LogP contribution in [0.5, 0.6) is 5.88 Å². The summed E-state index contributed by atoms with van der Waals surface area (Å²) in [6, 6.07) is 4.32. The predicted molar refractivity (Wildman–Crippen MR) is 97.4 cm³/mol. The third-order valence-corrected chi connectivity index (χ3v) is 9.70. The van der Waals surface area contributed by atoms with Gasteiger partial charge >= 0.3 is 148 Å². The molecule has 0 amide bonds. The van der Waals surface area contributed by atoms with Crippen molar-refractivity contribution in [1.82, 2.24) is 4.98 Å². The van der Waals surface area contributed by atoms with Crippen molar-refractivity contribution in [3.63, 3.8) is 0 Å². The van der Waals surface area contributed by atoms with Gasteiger partial charge in [0.1, 0.15) is 0 Å². The summed E-state index contributed by atoms with van der Waals surface area (Å²) in [7, 11) is 1.69. The summed E-state index contributed by atoms with van der Waals surface area (Å²) in [5.41, 5.74) is 0. The molecule has 0 fully saturated rings. The standard InChI is InChI=1S/C13H27.C6H6NO.Sn/c1-4-7-10-13(11-8-5-2)12-9-6-3;1-8-6-4-2-3-5-7-6;/h4-12H2,1-3H3;2,4-5H,1H3;. The quantitative estimate of drug-likeness (QED) is 0.445. The van der Waals surface area contributed by atoms with Gasteiger partial charge in [0.05, 0.1) is 0 Å². The maximum absolute atomic E-state index is 5.20. The molecule has 0 aliphatic heterocycles. The molecule has 0 atom stereocenters. The SMILES string of the molecule is CCCC[C](CCCC)(CCCC)[Sn][c]1ccc(OC)nc1. The van der Waals surface area contributed by atoms with E-state index in [4.69, 9.17) is 4.74 Å². The van der Waals surface area contributed by atoms with Gasteiger partial charge in [0.2, 0.25) is 0 Å². The first-order valence-electron chi connectivity index (χ1n) is 8.98. The summed E-state index contributed by atoms with van der Waals surface area (Å²) in [6.45, 7) is 6.97. The molecule has 22 heavy (non-hydrogen) atoms. The number of hydrogen-bond acceptors (Lipinski definition) is 2. The second kappa shape index (κ2) is 11.3. The van der Waals surface area contributed by atoms with Crippen LogP contribution in [0.25, 0.3) is 0 Å². The van der Waals surface area contributed by atoms with Crippen molar-refractivity contribution in [3.8, 4) is 5.88 Å². The molecule has 1 rings (SSSR count). The van der Waals surface area contributed by atoms with Crippen LogP contribution < -0.4 is 8.32 Å². The van der Waals surface area contributed by atoms with Crippen LogP contribution in [0.3, 0.4) is 0 Å². The maximum atomic E-state index is 5.20. The molecule has 0 aliphatic carbocycles. The van der Waals surface area contributed by atoms with E-state index in [1.807, 2.05) is 6.07 Å². The van der Waals surface area contributed by atoms with Crippen LogP contribution in [0, 0.1) is 0 Å². The number of methoxy groups -OCH3 is 1. The molecule has 0 unspecified atom stereocenters. The Morgan fingerprint density at radius 1 is 0.955 bits per heavy atom. The van der Waals surface area contributed by atoms with E-state index < -0.39 is 21.1 Å². The third-order valence-electron chi connectivity index (χ3n) is 4.38. The van der Waals surface area contributed by atoms with Crippen molar-refractivity contribution in [3.05, 3.63) is 18.3 Å². The minimum atomic E-state index is -0.638. The van der Waals surface area contributed by atoms with E-state index in [2.05, 4.69) is 38.0 Å². The normalized spacial score (nSPS) is 11.6. The number of ether oxygens (including phenoxy) is 1. The van der Waals surface area contributed by atoms with Gasteiger partial charge in [-0.05, 0) is 0 Å². The fraction of sp³-hybridized carbons (Fsp3) is 0.737. The molecule has 1 aromatic rings. The van der Waals surface area contributed by atoms with Gasteiger partial charge in [0, 0.05) is 0 Å². The Kier molecular flexibility index (Phi) is 10.2. The summed E-state index contributed by atoms with van der Waals surface area (Å²) in [5, 5.41) is 0. The number of hydrogen-bond donors (Lipinski definition) is 0. The molecule has 124 valence electrons. The van der Waals surface area contributed by atoms with Crippen LogP contribution >= 0.6 is 0 Å². The second-order valence-electron chi connectivity index (χ2n) is 6.31. The van der Waals surface area contributed by atoms with Crippen molar-refractivity contribution >= 4 is 24.7 Å². The van der Waals surface area contributed by atoms with Crippen LogP contribution in [-0.2, 0) is 0 Å². The summed E-state index contributed by atoms with van der Waals surface area (Å²) in [5.74, 6) is 0.740. The Labute approximate surface area is 147 Å². The topological polar surface area (TPSA) is 22.1 Å². The van der Waals surface area contributed by atoms with Crippen LogP contribution in [-0.4, -0.2) is 33.2 Å². The van der Waals surface area contributed by atoms with Gasteiger partial charge in [-0.2, -0.15) is 0 Å². The third kappa shape index (κ3) is 6.89. The number of rotatable bonds is 12. The van der Waals surface area contributed by atoms with E-state index in [9.17, 15) is 0 Å². The van der Waals surface area contributed by atoms with Crippen molar-refractivity contribution in [2.45, 2.75) is 82.0 Å². The molecule has 0 spiro atoms.